The summed E-state index contributed by atoms with van der Waals surface area (Å²) in [5.74, 6) is 0.450. The zero-order valence-electron chi connectivity index (χ0n) is 14.9. The molecule has 1 aliphatic rings. The highest BCUT2D eigenvalue weighted by Crippen LogP contribution is 2.18. The van der Waals surface area contributed by atoms with Crippen molar-refractivity contribution in [3.63, 3.8) is 0 Å². The smallest absolute Gasteiger partial charge is 0.255 e. The molecule has 0 spiro atoms. The lowest BCUT2D eigenvalue weighted by Crippen LogP contribution is -2.40. The molecule has 0 heterocycles. The van der Waals surface area contributed by atoms with Crippen molar-refractivity contribution in [1.29, 1.82) is 0 Å². The van der Waals surface area contributed by atoms with Gasteiger partial charge in [-0.05, 0) is 51.2 Å². The molecule has 138 valence electrons. The summed E-state index contributed by atoms with van der Waals surface area (Å²) in [6.07, 6.45) is 4.88. The van der Waals surface area contributed by atoms with E-state index in [0.717, 1.165) is 25.7 Å². The van der Waals surface area contributed by atoms with Gasteiger partial charge in [0.05, 0.1) is 12.2 Å². The van der Waals surface area contributed by atoms with Crippen molar-refractivity contribution in [2.45, 2.75) is 57.5 Å². The molecule has 1 aromatic carbocycles. The van der Waals surface area contributed by atoms with Gasteiger partial charge in [-0.25, -0.2) is 0 Å². The van der Waals surface area contributed by atoms with Gasteiger partial charge < -0.3 is 21.1 Å². The van der Waals surface area contributed by atoms with Gasteiger partial charge in [0, 0.05) is 25.0 Å². The molecule has 1 fully saturated rings. The van der Waals surface area contributed by atoms with Gasteiger partial charge in [0.1, 0.15) is 5.75 Å². The summed E-state index contributed by atoms with van der Waals surface area (Å²) in [5.41, 5.74) is 6.39. The molecule has 0 atom stereocenters. The number of para-hydroxylation sites is 1. The summed E-state index contributed by atoms with van der Waals surface area (Å²) in [6, 6.07) is 7.69. The second kappa shape index (κ2) is 10.0. The number of nitrogens with one attached hydrogen (secondary N) is 2. The fourth-order valence-electron chi connectivity index (χ4n) is 3.05. The van der Waals surface area contributed by atoms with Crippen LogP contribution in [-0.4, -0.2) is 37.0 Å². The largest absolute Gasteiger partial charge is 0.493 e. The molecule has 4 N–H and O–H groups in total. The maximum absolute atomic E-state index is 12.2. The van der Waals surface area contributed by atoms with Crippen LogP contribution in [0.2, 0.25) is 0 Å². The first-order chi connectivity index (χ1) is 12.1. The van der Waals surface area contributed by atoms with Crippen LogP contribution in [0.4, 0.5) is 0 Å². The summed E-state index contributed by atoms with van der Waals surface area (Å²) in [5, 5.41) is 5.90. The summed E-state index contributed by atoms with van der Waals surface area (Å²) in [4.78, 5) is 24.2. The average molecular weight is 347 g/mol. The number of rotatable bonds is 8. The van der Waals surface area contributed by atoms with Gasteiger partial charge in [-0.15, -0.1) is 0 Å². The topological polar surface area (TPSA) is 93.4 Å². The van der Waals surface area contributed by atoms with Gasteiger partial charge in [-0.1, -0.05) is 12.1 Å². The van der Waals surface area contributed by atoms with Crippen LogP contribution >= 0.6 is 0 Å². The molecule has 25 heavy (non-hydrogen) atoms. The number of ether oxygens (including phenoxy) is 1. The van der Waals surface area contributed by atoms with Gasteiger partial charge in [0.25, 0.3) is 5.91 Å². The van der Waals surface area contributed by atoms with E-state index < -0.39 is 0 Å². The van der Waals surface area contributed by atoms with E-state index in [1.165, 1.54) is 0 Å². The van der Waals surface area contributed by atoms with Crippen LogP contribution in [-0.2, 0) is 4.79 Å². The third-order valence-corrected chi connectivity index (χ3v) is 4.43. The van der Waals surface area contributed by atoms with Crippen LogP contribution in [0.25, 0.3) is 0 Å². The molecule has 6 nitrogen and oxygen atoms in total. The Morgan fingerprint density at radius 1 is 1.20 bits per heavy atom. The fraction of sp³-hybridized carbons (Fsp3) is 0.579. The van der Waals surface area contributed by atoms with Crippen molar-refractivity contribution >= 4 is 11.8 Å². The molecule has 6 heteroatoms. The predicted octanol–water partition coefficient (Wildman–Crippen LogP) is 1.98. The van der Waals surface area contributed by atoms with E-state index in [1.807, 2.05) is 13.0 Å². The number of carbonyl (C=O) groups excluding carboxylic acids is 2. The molecule has 0 radical (unpaired) electrons. The lowest BCUT2D eigenvalue weighted by atomic mass is 9.92. The first-order valence-electron chi connectivity index (χ1n) is 9.15. The number of carbonyl (C=O) groups is 2. The van der Waals surface area contributed by atoms with Crippen LogP contribution in [0, 0.1) is 0 Å². The van der Waals surface area contributed by atoms with Crippen molar-refractivity contribution in [1.82, 2.24) is 10.6 Å². The summed E-state index contributed by atoms with van der Waals surface area (Å²) >= 11 is 0. The Balaban J connectivity index is 1.67. The molecular formula is C19H29N3O3. The van der Waals surface area contributed by atoms with E-state index in [2.05, 4.69) is 10.6 Å². The van der Waals surface area contributed by atoms with E-state index in [4.69, 9.17) is 10.5 Å². The van der Waals surface area contributed by atoms with E-state index in [1.54, 1.807) is 18.2 Å². The van der Waals surface area contributed by atoms with Gasteiger partial charge in [-0.3, -0.25) is 9.59 Å². The third-order valence-electron chi connectivity index (χ3n) is 4.43. The summed E-state index contributed by atoms with van der Waals surface area (Å²) in [6.45, 7) is 2.85. The molecule has 2 amide bonds. The molecule has 0 saturated heterocycles. The predicted molar refractivity (Wildman–Crippen MR) is 97.6 cm³/mol. The second-order valence-corrected chi connectivity index (χ2v) is 6.47. The highest BCUT2D eigenvalue weighted by Gasteiger charge is 2.19. The standard InChI is InChI=1S/C19H29N3O3/c1-2-25-17-7-4-3-6-16(17)19(24)21-13-5-8-18(23)22-15-11-9-14(20)10-12-15/h3-4,6-7,14-15H,2,5,8-13,20H2,1H3,(H,21,24)(H,22,23). The Bertz CT molecular complexity index is 569. The second-order valence-electron chi connectivity index (χ2n) is 6.47. The summed E-state index contributed by atoms with van der Waals surface area (Å²) < 4.78 is 5.46. The monoisotopic (exact) mass is 347 g/mol. The van der Waals surface area contributed by atoms with Crippen molar-refractivity contribution in [3.05, 3.63) is 29.8 Å². The Morgan fingerprint density at radius 3 is 2.64 bits per heavy atom. The van der Waals surface area contributed by atoms with Crippen LogP contribution in [0.5, 0.6) is 5.75 Å². The normalized spacial score (nSPS) is 19.9. The maximum atomic E-state index is 12.2. The minimum Gasteiger partial charge on any atom is -0.493 e. The van der Waals surface area contributed by atoms with Crippen LogP contribution in [0.15, 0.2) is 24.3 Å². The quantitative estimate of drug-likeness (QED) is 0.627. The van der Waals surface area contributed by atoms with E-state index >= 15 is 0 Å². The van der Waals surface area contributed by atoms with Crippen LogP contribution < -0.4 is 21.1 Å². The van der Waals surface area contributed by atoms with Gasteiger partial charge in [0.15, 0.2) is 0 Å². The zero-order valence-corrected chi connectivity index (χ0v) is 14.9. The van der Waals surface area contributed by atoms with Crippen LogP contribution in [0.3, 0.4) is 0 Å². The average Bonchev–Trinajstić information content (AvgIpc) is 2.61. The van der Waals surface area contributed by atoms with Crippen molar-refractivity contribution in [2.24, 2.45) is 5.73 Å². The van der Waals surface area contributed by atoms with Gasteiger partial charge in [0.2, 0.25) is 5.91 Å². The first kappa shape index (κ1) is 19.2. The molecule has 0 aromatic heterocycles. The summed E-state index contributed by atoms with van der Waals surface area (Å²) in [7, 11) is 0. The minimum absolute atomic E-state index is 0.0458. The first-order valence-corrected chi connectivity index (χ1v) is 9.15. The highest BCUT2D eigenvalue weighted by molar-refractivity contribution is 5.96. The van der Waals surface area contributed by atoms with Crippen molar-refractivity contribution in [3.8, 4) is 5.75 Å². The molecule has 2 rings (SSSR count). The Morgan fingerprint density at radius 2 is 1.92 bits per heavy atom. The minimum atomic E-state index is -0.175. The fourth-order valence-corrected chi connectivity index (χ4v) is 3.05. The molecule has 0 unspecified atom stereocenters. The van der Waals surface area contributed by atoms with E-state index in [9.17, 15) is 9.59 Å². The lowest BCUT2D eigenvalue weighted by Gasteiger charge is -2.26. The molecular weight excluding hydrogens is 318 g/mol. The molecule has 0 aliphatic heterocycles. The van der Waals surface area contributed by atoms with Crippen LogP contribution in [0.1, 0.15) is 55.8 Å². The third kappa shape index (κ3) is 6.38. The SMILES string of the molecule is CCOc1ccccc1C(=O)NCCCC(=O)NC1CCC(N)CC1. The van der Waals surface area contributed by atoms with E-state index in [0.29, 0.717) is 37.3 Å². The number of hydrogen-bond donors (Lipinski definition) is 3. The van der Waals surface area contributed by atoms with E-state index in [-0.39, 0.29) is 23.9 Å². The Labute approximate surface area is 149 Å². The highest BCUT2D eigenvalue weighted by atomic mass is 16.5. The Kier molecular flexibility index (Phi) is 7.73. The number of hydrogen-bond acceptors (Lipinski definition) is 4. The molecule has 0 bridgehead atoms. The molecule has 1 aromatic rings. The maximum Gasteiger partial charge on any atom is 0.255 e. The lowest BCUT2D eigenvalue weighted by molar-refractivity contribution is -0.122. The van der Waals surface area contributed by atoms with Crippen molar-refractivity contribution in [2.75, 3.05) is 13.2 Å². The number of amides is 2. The Hall–Kier alpha value is -2.08. The molecule has 1 aliphatic carbocycles. The zero-order chi connectivity index (χ0) is 18.1. The number of nitrogens with two attached hydrogens (primary N) is 1. The van der Waals surface area contributed by atoms with Gasteiger partial charge >= 0.3 is 0 Å². The number of benzene rings is 1. The van der Waals surface area contributed by atoms with Gasteiger partial charge in [-0.2, -0.15) is 0 Å². The van der Waals surface area contributed by atoms with Crippen molar-refractivity contribution < 1.29 is 14.3 Å². The molecule has 1 saturated carbocycles.